The number of halogens is 2. The summed E-state index contributed by atoms with van der Waals surface area (Å²) in [6.45, 7) is 0. The minimum Gasteiger partial charge on any atom is -0.496 e. The van der Waals surface area contributed by atoms with Gasteiger partial charge in [0.25, 0.3) is 5.91 Å². The van der Waals surface area contributed by atoms with Gasteiger partial charge in [0.05, 0.1) is 18.9 Å². The Kier molecular flexibility index (Phi) is 4.56. The molecule has 6 nitrogen and oxygen atoms in total. The number of carbonyl (C=O) groups is 1. The molecule has 0 fully saturated rings. The number of aromatic nitrogens is 2. The van der Waals surface area contributed by atoms with Crippen molar-refractivity contribution in [1.82, 2.24) is 9.97 Å². The Morgan fingerprint density at radius 1 is 1.40 bits per heavy atom. The smallest absolute Gasteiger partial charge is 0.260 e. The Balaban J connectivity index is 2.30. The van der Waals surface area contributed by atoms with Crippen molar-refractivity contribution in [2.24, 2.45) is 0 Å². The van der Waals surface area contributed by atoms with Crippen LogP contribution in [-0.2, 0) is 0 Å². The van der Waals surface area contributed by atoms with Gasteiger partial charge in [-0.25, -0.2) is 9.97 Å². The third kappa shape index (κ3) is 3.26. The summed E-state index contributed by atoms with van der Waals surface area (Å²) in [5.41, 5.74) is 6.48. The molecule has 3 N–H and O–H groups in total. The van der Waals surface area contributed by atoms with Crippen molar-refractivity contribution in [2.75, 3.05) is 18.2 Å². The van der Waals surface area contributed by atoms with Gasteiger partial charge in [-0.2, -0.15) is 0 Å². The summed E-state index contributed by atoms with van der Waals surface area (Å²) in [5.74, 6) is 0.354. The average molecular weight is 402 g/mol. The van der Waals surface area contributed by atoms with Crippen LogP contribution in [0.1, 0.15) is 10.4 Å². The van der Waals surface area contributed by atoms with Crippen LogP contribution in [0.5, 0.6) is 5.75 Å². The SMILES string of the molecule is COc1ccc(N)cc1C(=O)Nc1ncc(Br)nc1Br. The van der Waals surface area contributed by atoms with Crippen molar-refractivity contribution in [3.05, 3.63) is 39.2 Å². The highest BCUT2D eigenvalue weighted by atomic mass is 79.9. The van der Waals surface area contributed by atoms with Crippen LogP contribution < -0.4 is 15.8 Å². The van der Waals surface area contributed by atoms with Crippen LogP contribution >= 0.6 is 31.9 Å². The minimum absolute atomic E-state index is 0.308. The standard InChI is InChI=1S/C12H10Br2N4O2/c1-20-8-3-2-6(15)4-7(8)12(19)18-11-10(14)17-9(13)5-16-11/h2-5H,15H2,1H3,(H,16,18,19). The van der Waals surface area contributed by atoms with Gasteiger partial charge in [0.15, 0.2) is 5.82 Å². The highest BCUT2D eigenvalue weighted by Gasteiger charge is 2.15. The van der Waals surface area contributed by atoms with E-state index in [0.717, 1.165) is 0 Å². The van der Waals surface area contributed by atoms with Gasteiger partial charge in [0.1, 0.15) is 15.0 Å². The van der Waals surface area contributed by atoms with Crippen LogP contribution in [0.25, 0.3) is 0 Å². The number of hydrogen-bond donors (Lipinski definition) is 2. The summed E-state index contributed by atoms with van der Waals surface area (Å²) in [7, 11) is 1.48. The molecule has 0 radical (unpaired) electrons. The second-order valence-electron chi connectivity index (χ2n) is 3.75. The zero-order valence-corrected chi connectivity index (χ0v) is 13.5. The maximum Gasteiger partial charge on any atom is 0.260 e. The first-order valence-corrected chi connectivity index (χ1v) is 7.02. The van der Waals surface area contributed by atoms with E-state index in [1.165, 1.54) is 19.4 Å². The van der Waals surface area contributed by atoms with Crippen LogP contribution in [0.2, 0.25) is 0 Å². The summed E-state index contributed by atoms with van der Waals surface area (Å²) in [6.07, 6.45) is 1.48. The van der Waals surface area contributed by atoms with Gasteiger partial charge >= 0.3 is 0 Å². The second-order valence-corrected chi connectivity index (χ2v) is 5.31. The normalized spacial score (nSPS) is 10.2. The molecule has 0 saturated heterocycles. The average Bonchev–Trinajstić information content (AvgIpc) is 2.41. The summed E-state index contributed by atoms with van der Waals surface area (Å²) in [6, 6.07) is 4.83. The van der Waals surface area contributed by atoms with Crippen molar-refractivity contribution < 1.29 is 9.53 Å². The van der Waals surface area contributed by atoms with Crippen molar-refractivity contribution in [3.8, 4) is 5.75 Å². The van der Waals surface area contributed by atoms with Crippen LogP contribution in [0, 0.1) is 0 Å². The lowest BCUT2D eigenvalue weighted by atomic mass is 10.1. The molecular weight excluding hydrogens is 392 g/mol. The first-order chi connectivity index (χ1) is 9.51. The number of nitrogens with two attached hydrogens (primary N) is 1. The number of nitrogens with zero attached hydrogens (tertiary/aromatic N) is 2. The fourth-order valence-electron chi connectivity index (χ4n) is 1.51. The minimum atomic E-state index is -0.383. The highest BCUT2D eigenvalue weighted by molar-refractivity contribution is 9.11. The fraction of sp³-hybridized carbons (Fsp3) is 0.0833. The molecule has 0 unspecified atom stereocenters. The monoisotopic (exact) mass is 400 g/mol. The molecule has 1 aromatic carbocycles. The lowest BCUT2D eigenvalue weighted by Crippen LogP contribution is -2.15. The summed E-state index contributed by atoms with van der Waals surface area (Å²) < 4.78 is 6.12. The van der Waals surface area contributed by atoms with E-state index < -0.39 is 0 Å². The lowest BCUT2D eigenvalue weighted by molar-refractivity contribution is 0.102. The summed E-state index contributed by atoms with van der Waals surface area (Å²) in [4.78, 5) is 20.4. The molecule has 104 valence electrons. The van der Waals surface area contributed by atoms with Gasteiger partial charge in [0.2, 0.25) is 0 Å². The lowest BCUT2D eigenvalue weighted by Gasteiger charge is -2.10. The third-order valence-corrected chi connectivity index (χ3v) is 3.34. The van der Waals surface area contributed by atoms with Gasteiger partial charge in [-0.1, -0.05) is 0 Å². The number of carbonyl (C=O) groups excluding carboxylic acids is 1. The quantitative estimate of drug-likeness (QED) is 0.771. The van der Waals surface area contributed by atoms with Gasteiger partial charge in [0, 0.05) is 5.69 Å². The number of methoxy groups -OCH3 is 1. The van der Waals surface area contributed by atoms with E-state index in [2.05, 4.69) is 47.1 Å². The molecule has 1 heterocycles. The molecule has 0 bridgehead atoms. The number of anilines is 2. The molecule has 20 heavy (non-hydrogen) atoms. The third-order valence-electron chi connectivity index (χ3n) is 2.40. The van der Waals surface area contributed by atoms with E-state index in [-0.39, 0.29) is 5.91 Å². The van der Waals surface area contributed by atoms with Crippen molar-refractivity contribution in [1.29, 1.82) is 0 Å². The van der Waals surface area contributed by atoms with E-state index in [1.807, 2.05) is 0 Å². The van der Waals surface area contributed by atoms with E-state index in [1.54, 1.807) is 12.1 Å². The molecule has 0 aliphatic rings. The largest absolute Gasteiger partial charge is 0.496 e. The van der Waals surface area contributed by atoms with Gasteiger partial charge in [-0.3, -0.25) is 4.79 Å². The van der Waals surface area contributed by atoms with E-state index >= 15 is 0 Å². The van der Waals surface area contributed by atoms with Crippen LogP contribution in [-0.4, -0.2) is 23.0 Å². The Hall–Kier alpha value is -1.67. The molecule has 1 amide bonds. The predicted octanol–water partition coefficient (Wildman–Crippen LogP) is 2.84. The molecular formula is C12H10Br2N4O2. The van der Waals surface area contributed by atoms with E-state index in [9.17, 15) is 4.79 Å². The van der Waals surface area contributed by atoms with Crippen molar-refractivity contribution >= 4 is 49.3 Å². The second kappa shape index (κ2) is 6.19. The van der Waals surface area contributed by atoms with Gasteiger partial charge in [-0.05, 0) is 50.1 Å². The topological polar surface area (TPSA) is 90.1 Å². The van der Waals surface area contributed by atoms with Gasteiger partial charge in [-0.15, -0.1) is 0 Å². The van der Waals surface area contributed by atoms with Crippen LogP contribution in [0.3, 0.4) is 0 Å². The van der Waals surface area contributed by atoms with Crippen LogP contribution in [0.15, 0.2) is 33.6 Å². The summed E-state index contributed by atoms with van der Waals surface area (Å²) >= 11 is 6.41. The number of hydrogen-bond acceptors (Lipinski definition) is 5. The molecule has 2 rings (SSSR count). The molecule has 0 spiro atoms. The Bertz CT molecular complexity index is 664. The molecule has 0 saturated carbocycles. The number of rotatable bonds is 3. The predicted molar refractivity (Wildman–Crippen MR) is 82.8 cm³/mol. The van der Waals surface area contributed by atoms with Crippen LogP contribution in [0.4, 0.5) is 11.5 Å². The zero-order chi connectivity index (χ0) is 14.7. The van der Waals surface area contributed by atoms with Crippen molar-refractivity contribution in [2.45, 2.75) is 0 Å². The Morgan fingerprint density at radius 3 is 2.80 bits per heavy atom. The van der Waals surface area contributed by atoms with E-state index in [4.69, 9.17) is 10.5 Å². The first-order valence-electron chi connectivity index (χ1n) is 5.44. The number of nitrogens with one attached hydrogen (secondary N) is 1. The van der Waals surface area contributed by atoms with Gasteiger partial charge < -0.3 is 15.8 Å². The number of benzene rings is 1. The Labute approximate surface area is 132 Å². The molecule has 0 aliphatic heterocycles. The summed E-state index contributed by atoms with van der Waals surface area (Å²) in [5, 5.41) is 2.64. The number of ether oxygens (including phenoxy) is 1. The fourth-order valence-corrected chi connectivity index (χ4v) is 2.42. The molecule has 0 aliphatic carbocycles. The zero-order valence-electron chi connectivity index (χ0n) is 10.4. The number of nitrogen functional groups attached to an aromatic ring is 1. The number of amides is 1. The molecule has 2 aromatic rings. The molecule has 1 aromatic heterocycles. The highest BCUT2D eigenvalue weighted by Crippen LogP contribution is 2.24. The van der Waals surface area contributed by atoms with Crippen molar-refractivity contribution in [3.63, 3.8) is 0 Å². The molecule has 0 atom stereocenters. The maximum absolute atomic E-state index is 12.2. The first kappa shape index (κ1) is 14.7. The Morgan fingerprint density at radius 2 is 2.15 bits per heavy atom. The van der Waals surface area contributed by atoms with E-state index in [0.29, 0.717) is 32.0 Å². The maximum atomic E-state index is 12.2. The molecule has 8 heteroatoms.